The van der Waals surface area contributed by atoms with E-state index < -0.39 is 0 Å². The van der Waals surface area contributed by atoms with E-state index in [4.69, 9.17) is 19.4 Å². The fraction of sp³-hybridized carbons (Fsp3) is 0.440. The third-order valence-electron chi connectivity index (χ3n) is 6.34. The number of fused-ring (bicyclic) bond motifs is 1. The normalized spacial score (nSPS) is 19.6. The largest absolute Gasteiger partial charge is 0.490 e. The Balaban J connectivity index is 1.38. The number of rotatable bonds is 7. The number of hydroxylamine groups is 1. The second-order valence-electron chi connectivity index (χ2n) is 8.54. The van der Waals surface area contributed by atoms with Crippen molar-refractivity contribution in [1.29, 1.82) is 0 Å². The van der Waals surface area contributed by atoms with Gasteiger partial charge in [0, 0.05) is 31.4 Å². The summed E-state index contributed by atoms with van der Waals surface area (Å²) in [5.74, 6) is 1.47. The van der Waals surface area contributed by atoms with Crippen LogP contribution in [0.25, 0.3) is 5.70 Å². The molecule has 2 aliphatic carbocycles. The van der Waals surface area contributed by atoms with E-state index in [-0.39, 0.29) is 18.3 Å². The molecular formula is C25H29NO4. The van der Waals surface area contributed by atoms with Gasteiger partial charge in [-0.1, -0.05) is 37.1 Å². The lowest BCUT2D eigenvalue weighted by Gasteiger charge is -2.18. The average Bonchev–Trinajstić information content (AvgIpc) is 3.49. The molecule has 0 saturated heterocycles. The van der Waals surface area contributed by atoms with Gasteiger partial charge in [0.15, 0.2) is 11.5 Å². The van der Waals surface area contributed by atoms with Crippen LogP contribution >= 0.6 is 0 Å². The van der Waals surface area contributed by atoms with E-state index in [9.17, 15) is 0 Å². The number of aliphatic hydroxyl groups is 1. The van der Waals surface area contributed by atoms with Crippen LogP contribution in [0.1, 0.15) is 48.8 Å². The highest BCUT2D eigenvalue weighted by Gasteiger charge is 2.38. The molecule has 0 unspecified atom stereocenters. The second kappa shape index (κ2) is 8.32. The van der Waals surface area contributed by atoms with Gasteiger partial charge in [-0.25, -0.2) is 0 Å². The minimum atomic E-state index is -0.153. The molecule has 5 heteroatoms. The van der Waals surface area contributed by atoms with Crippen molar-refractivity contribution >= 4 is 5.70 Å². The fourth-order valence-electron chi connectivity index (χ4n) is 4.76. The zero-order valence-electron chi connectivity index (χ0n) is 17.2. The highest BCUT2D eigenvalue weighted by Crippen LogP contribution is 2.41. The minimum Gasteiger partial charge on any atom is -0.490 e. The molecule has 5 nitrogen and oxygen atoms in total. The van der Waals surface area contributed by atoms with Crippen molar-refractivity contribution in [2.24, 2.45) is 0 Å². The SMILES string of the molecule is OCCCOc1ccc(C2=CC3(CCCC3)ON2)cc1OC1Cc2ccccc2C1. The molecule has 2 aromatic rings. The van der Waals surface area contributed by atoms with Crippen LogP contribution in [0.5, 0.6) is 11.5 Å². The maximum atomic E-state index is 9.09. The van der Waals surface area contributed by atoms with Crippen LogP contribution in [0.2, 0.25) is 0 Å². The summed E-state index contributed by atoms with van der Waals surface area (Å²) in [7, 11) is 0. The quantitative estimate of drug-likeness (QED) is 0.674. The van der Waals surface area contributed by atoms with Crippen LogP contribution in [0.4, 0.5) is 0 Å². The Bertz CT molecular complexity index is 907. The first-order chi connectivity index (χ1) is 14.7. The Morgan fingerprint density at radius 3 is 2.53 bits per heavy atom. The molecule has 1 heterocycles. The van der Waals surface area contributed by atoms with Gasteiger partial charge in [-0.3, -0.25) is 10.3 Å². The molecule has 2 N–H and O–H groups in total. The summed E-state index contributed by atoms with van der Waals surface area (Å²) in [6.07, 6.45) is 9.29. The number of nitrogens with one attached hydrogen (secondary N) is 1. The summed E-state index contributed by atoms with van der Waals surface area (Å²) in [5, 5.41) is 9.09. The Morgan fingerprint density at radius 2 is 1.80 bits per heavy atom. The van der Waals surface area contributed by atoms with Crippen molar-refractivity contribution in [3.8, 4) is 11.5 Å². The molecule has 1 fully saturated rings. The van der Waals surface area contributed by atoms with Crippen LogP contribution in [0.3, 0.4) is 0 Å². The predicted octanol–water partition coefficient (Wildman–Crippen LogP) is 4.18. The molecular weight excluding hydrogens is 378 g/mol. The lowest BCUT2D eigenvalue weighted by Crippen LogP contribution is -2.25. The molecule has 0 amide bonds. The van der Waals surface area contributed by atoms with Crippen molar-refractivity contribution < 1.29 is 19.4 Å². The molecule has 0 aromatic heterocycles. The molecule has 30 heavy (non-hydrogen) atoms. The summed E-state index contributed by atoms with van der Waals surface area (Å²) in [6.45, 7) is 0.576. The lowest BCUT2D eigenvalue weighted by atomic mass is 10.00. The first kappa shape index (κ1) is 19.5. The van der Waals surface area contributed by atoms with Gasteiger partial charge in [0.25, 0.3) is 0 Å². The fourth-order valence-corrected chi connectivity index (χ4v) is 4.76. The van der Waals surface area contributed by atoms with Crippen LogP contribution in [0, 0.1) is 0 Å². The van der Waals surface area contributed by atoms with E-state index in [1.807, 2.05) is 18.2 Å². The molecule has 0 atom stereocenters. The third-order valence-corrected chi connectivity index (χ3v) is 6.34. The molecule has 2 aromatic carbocycles. The Kier molecular flexibility index (Phi) is 5.40. The number of ether oxygens (including phenoxy) is 2. The van der Waals surface area contributed by atoms with Crippen LogP contribution in [-0.4, -0.2) is 30.0 Å². The number of benzene rings is 2. The Labute approximate surface area is 177 Å². The van der Waals surface area contributed by atoms with Gasteiger partial charge in [-0.15, -0.1) is 0 Å². The number of hydrogen-bond donors (Lipinski definition) is 2. The monoisotopic (exact) mass is 407 g/mol. The van der Waals surface area contributed by atoms with Crippen LogP contribution < -0.4 is 15.0 Å². The smallest absolute Gasteiger partial charge is 0.162 e. The minimum absolute atomic E-state index is 0.0979. The molecule has 5 rings (SSSR count). The second-order valence-corrected chi connectivity index (χ2v) is 8.54. The summed E-state index contributed by atoms with van der Waals surface area (Å²) in [6, 6.07) is 14.6. The van der Waals surface area contributed by atoms with Gasteiger partial charge >= 0.3 is 0 Å². The van der Waals surface area contributed by atoms with Crippen molar-refractivity contribution in [3.63, 3.8) is 0 Å². The molecule has 0 radical (unpaired) electrons. The number of hydrogen-bond acceptors (Lipinski definition) is 5. The molecule has 1 aliphatic heterocycles. The zero-order chi connectivity index (χ0) is 20.4. The Hall–Kier alpha value is -2.50. The summed E-state index contributed by atoms with van der Waals surface area (Å²) in [5.41, 5.74) is 7.75. The third kappa shape index (κ3) is 3.92. The van der Waals surface area contributed by atoms with Crippen LogP contribution in [-0.2, 0) is 17.7 Å². The topological polar surface area (TPSA) is 60.0 Å². The van der Waals surface area contributed by atoms with Gasteiger partial charge in [0.2, 0.25) is 0 Å². The van der Waals surface area contributed by atoms with Crippen molar-refractivity contribution in [1.82, 2.24) is 5.48 Å². The van der Waals surface area contributed by atoms with E-state index >= 15 is 0 Å². The Morgan fingerprint density at radius 1 is 1.03 bits per heavy atom. The summed E-state index contributed by atoms with van der Waals surface area (Å²) < 4.78 is 12.4. The van der Waals surface area contributed by atoms with E-state index in [0.717, 1.165) is 48.4 Å². The highest BCUT2D eigenvalue weighted by molar-refractivity contribution is 5.68. The standard InChI is InChI=1S/C25H29NO4/c27-12-5-13-28-23-9-8-20(22-17-25(30-26-22)10-3-4-11-25)16-24(23)29-21-14-18-6-1-2-7-19(18)15-21/h1-2,6-9,16-17,21,26-27H,3-5,10-15H2. The van der Waals surface area contributed by atoms with Gasteiger partial charge in [0.1, 0.15) is 11.7 Å². The van der Waals surface area contributed by atoms with Gasteiger partial charge in [0.05, 0.1) is 12.3 Å². The lowest BCUT2D eigenvalue weighted by molar-refractivity contribution is -0.0289. The van der Waals surface area contributed by atoms with E-state index in [0.29, 0.717) is 13.0 Å². The van der Waals surface area contributed by atoms with E-state index in [1.165, 1.54) is 24.0 Å². The maximum absolute atomic E-state index is 9.09. The zero-order valence-corrected chi connectivity index (χ0v) is 17.2. The first-order valence-corrected chi connectivity index (χ1v) is 11.0. The van der Waals surface area contributed by atoms with Gasteiger partial charge < -0.3 is 14.6 Å². The predicted molar refractivity (Wildman–Crippen MR) is 115 cm³/mol. The molecule has 1 spiro atoms. The molecule has 3 aliphatic rings. The van der Waals surface area contributed by atoms with E-state index in [2.05, 4.69) is 35.8 Å². The molecule has 158 valence electrons. The van der Waals surface area contributed by atoms with Gasteiger partial charge in [-0.05, 0) is 48.2 Å². The molecule has 1 saturated carbocycles. The van der Waals surface area contributed by atoms with Crippen LogP contribution in [0.15, 0.2) is 48.5 Å². The average molecular weight is 408 g/mol. The van der Waals surface area contributed by atoms with Crippen molar-refractivity contribution in [2.45, 2.75) is 56.7 Å². The first-order valence-electron chi connectivity index (χ1n) is 11.0. The maximum Gasteiger partial charge on any atom is 0.162 e. The highest BCUT2D eigenvalue weighted by atomic mass is 16.7. The summed E-state index contributed by atoms with van der Waals surface area (Å²) in [4.78, 5) is 5.95. The van der Waals surface area contributed by atoms with E-state index in [1.54, 1.807) is 0 Å². The molecule has 0 bridgehead atoms. The van der Waals surface area contributed by atoms with Gasteiger partial charge in [-0.2, -0.15) is 0 Å². The van der Waals surface area contributed by atoms with Crippen molar-refractivity contribution in [3.05, 3.63) is 65.2 Å². The summed E-state index contributed by atoms with van der Waals surface area (Å²) >= 11 is 0. The number of aliphatic hydroxyl groups excluding tert-OH is 1. The van der Waals surface area contributed by atoms with Crippen molar-refractivity contribution in [2.75, 3.05) is 13.2 Å².